The van der Waals surface area contributed by atoms with Gasteiger partial charge in [-0.25, -0.2) is 0 Å². The molecule has 0 radical (unpaired) electrons. The van der Waals surface area contributed by atoms with Crippen LogP contribution in [0.15, 0.2) is 66.4 Å². The zero-order valence-electron chi connectivity index (χ0n) is 17.0. The van der Waals surface area contributed by atoms with Crippen LogP contribution in [0.1, 0.15) is 12.5 Å². The van der Waals surface area contributed by atoms with E-state index in [1.807, 2.05) is 24.3 Å². The molecule has 7 nitrogen and oxygen atoms in total. The average molecular weight is 403 g/mol. The minimum Gasteiger partial charge on any atom is -0.399 e. The molecule has 7 heteroatoms. The van der Waals surface area contributed by atoms with Gasteiger partial charge in [-0.05, 0) is 29.8 Å². The second-order valence-corrected chi connectivity index (χ2v) is 7.19. The molecule has 0 bridgehead atoms. The van der Waals surface area contributed by atoms with Crippen molar-refractivity contribution in [3.05, 3.63) is 71.9 Å². The van der Waals surface area contributed by atoms with Gasteiger partial charge in [0.1, 0.15) is 11.6 Å². The van der Waals surface area contributed by atoms with E-state index in [-0.39, 0.29) is 17.4 Å². The molecular formula is C23H25N5O2. The summed E-state index contributed by atoms with van der Waals surface area (Å²) in [6.45, 7) is 4.74. The highest BCUT2D eigenvalue weighted by molar-refractivity contribution is 6.01. The molecule has 1 saturated heterocycles. The second-order valence-electron chi connectivity index (χ2n) is 7.19. The molecule has 30 heavy (non-hydrogen) atoms. The largest absolute Gasteiger partial charge is 0.399 e. The first-order valence-corrected chi connectivity index (χ1v) is 9.80. The smallest absolute Gasteiger partial charge is 0.266 e. The number of anilines is 2. The van der Waals surface area contributed by atoms with Crippen LogP contribution >= 0.6 is 0 Å². The Kier molecular flexibility index (Phi) is 6.83. The Balaban J connectivity index is 1.67. The van der Waals surface area contributed by atoms with Crippen molar-refractivity contribution in [1.29, 1.82) is 5.26 Å². The van der Waals surface area contributed by atoms with Crippen molar-refractivity contribution in [1.82, 2.24) is 9.80 Å². The van der Waals surface area contributed by atoms with E-state index in [1.54, 1.807) is 29.2 Å². The first-order valence-electron chi connectivity index (χ1n) is 9.80. The molecule has 3 rings (SSSR count). The second kappa shape index (κ2) is 9.72. The summed E-state index contributed by atoms with van der Waals surface area (Å²) >= 11 is 0. The van der Waals surface area contributed by atoms with E-state index >= 15 is 0 Å². The normalized spacial score (nSPS) is 14.8. The molecule has 0 unspecified atom stereocenters. The van der Waals surface area contributed by atoms with Crippen molar-refractivity contribution in [2.75, 3.05) is 36.8 Å². The number of nitrogens with zero attached hydrogens (tertiary/aromatic N) is 4. The number of amides is 2. The molecule has 0 atom stereocenters. The summed E-state index contributed by atoms with van der Waals surface area (Å²) in [6.07, 6.45) is 1.31. The first-order chi connectivity index (χ1) is 14.5. The summed E-state index contributed by atoms with van der Waals surface area (Å²) < 4.78 is 0. The Hall–Kier alpha value is -3.63. The highest BCUT2D eigenvalue weighted by Crippen LogP contribution is 2.19. The molecule has 154 valence electrons. The Morgan fingerprint density at radius 2 is 1.70 bits per heavy atom. The van der Waals surface area contributed by atoms with Gasteiger partial charge in [0, 0.05) is 57.2 Å². The number of hydrogen-bond donors (Lipinski definition) is 1. The summed E-state index contributed by atoms with van der Waals surface area (Å²) in [5.41, 5.74) is 7.97. The molecule has 0 spiro atoms. The van der Waals surface area contributed by atoms with Gasteiger partial charge < -0.3 is 10.6 Å². The van der Waals surface area contributed by atoms with E-state index in [0.717, 1.165) is 19.6 Å². The minimum atomic E-state index is -0.362. The lowest BCUT2D eigenvalue weighted by Crippen LogP contribution is -2.48. The third-order valence-corrected chi connectivity index (χ3v) is 5.03. The summed E-state index contributed by atoms with van der Waals surface area (Å²) in [4.78, 5) is 30.2. The molecule has 2 N–H and O–H groups in total. The molecule has 2 amide bonds. The molecule has 0 aromatic heterocycles. The van der Waals surface area contributed by atoms with Crippen molar-refractivity contribution in [3.8, 4) is 6.07 Å². The zero-order valence-corrected chi connectivity index (χ0v) is 17.0. The molecule has 1 heterocycles. The van der Waals surface area contributed by atoms with Crippen molar-refractivity contribution >= 4 is 23.2 Å². The van der Waals surface area contributed by atoms with Crippen LogP contribution < -0.4 is 10.6 Å². The molecule has 0 aliphatic carbocycles. The topological polar surface area (TPSA) is 93.7 Å². The highest BCUT2D eigenvalue weighted by atomic mass is 16.2. The summed E-state index contributed by atoms with van der Waals surface area (Å²) in [7, 11) is 0. The maximum absolute atomic E-state index is 12.9. The molecule has 2 aromatic rings. The lowest BCUT2D eigenvalue weighted by Gasteiger charge is -2.34. The Morgan fingerprint density at radius 1 is 1.07 bits per heavy atom. The fraction of sp³-hybridized carbons (Fsp3) is 0.261. The molecule has 2 aromatic carbocycles. The van der Waals surface area contributed by atoms with Crippen LogP contribution in [0.2, 0.25) is 0 Å². The Morgan fingerprint density at radius 3 is 2.27 bits per heavy atom. The predicted octanol–water partition coefficient (Wildman–Crippen LogP) is 2.37. The van der Waals surface area contributed by atoms with Crippen LogP contribution in [-0.4, -0.2) is 47.8 Å². The van der Waals surface area contributed by atoms with E-state index in [9.17, 15) is 14.9 Å². The van der Waals surface area contributed by atoms with Gasteiger partial charge in [0.05, 0.1) is 0 Å². The molecule has 1 fully saturated rings. The van der Waals surface area contributed by atoms with Crippen molar-refractivity contribution in [3.63, 3.8) is 0 Å². The maximum Gasteiger partial charge on any atom is 0.266 e. The molecule has 1 aliphatic heterocycles. The number of nitrogen functional groups attached to an aromatic ring is 1. The van der Waals surface area contributed by atoms with Crippen molar-refractivity contribution in [2.24, 2.45) is 0 Å². The predicted molar refractivity (Wildman–Crippen MR) is 116 cm³/mol. The van der Waals surface area contributed by atoms with Gasteiger partial charge in [0.15, 0.2) is 0 Å². The van der Waals surface area contributed by atoms with E-state index in [2.05, 4.69) is 17.0 Å². The number of nitrogens with two attached hydrogens (primary N) is 1. The van der Waals surface area contributed by atoms with Gasteiger partial charge in [-0.3, -0.25) is 19.4 Å². The molecule has 0 saturated carbocycles. The number of piperazine rings is 1. The van der Waals surface area contributed by atoms with Gasteiger partial charge in [-0.2, -0.15) is 5.26 Å². The standard InChI is InChI=1S/C23H25N5O2/c1-18(29)28(22-9-7-21(25)8-10-22)17-20(15-24)23(30)27-13-11-26(12-14-27)16-19-5-3-2-4-6-19/h2-10,17H,11-14,16,25H2,1H3/b20-17-. The highest BCUT2D eigenvalue weighted by Gasteiger charge is 2.25. The van der Waals surface area contributed by atoms with E-state index in [0.29, 0.717) is 24.5 Å². The van der Waals surface area contributed by atoms with E-state index < -0.39 is 0 Å². The van der Waals surface area contributed by atoms with E-state index in [1.165, 1.54) is 23.6 Å². The van der Waals surface area contributed by atoms with Crippen LogP contribution in [0, 0.1) is 11.3 Å². The van der Waals surface area contributed by atoms with Crippen molar-refractivity contribution in [2.45, 2.75) is 13.5 Å². The van der Waals surface area contributed by atoms with Gasteiger partial charge in [-0.1, -0.05) is 30.3 Å². The minimum absolute atomic E-state index is 0.0708. The van der Waals surface area contributed by atoms with Gasteiger partial charge >= 0.3 is 0 Å². The first kappa shape index (κ1) is 21.1. The fourth-order valence-electron chi connectivity index (χ4n) is 3.36. The SMILES string of the molecule is CC(=O)N(/C=C(/C#N)C(=O)N1CCN(Cc2ccccc2)CC1)c1ccc(N)cc1. The zero-order chi connectivity index (χ0) is 21.5. The Labute approximate surface area is 176 Å². The summed E-state index contributed by atoms with van der Waals surface area (Å²) in [5, 5.41) is 9.56. The van der Waals surface area contributed by atoms with E-state index in [4.69, 9.17) is 5.73 Å². The number of carbonyl (C=O) groups excluding carboxylic acids is 2. The Bertz CT molecular complexity index is 955. The fourth-order valence-corrected chi connectivity index (χ4v) is 3.36. The van der Waals surface area contributed by atoms with Crippen LogP contribution in [0.3, 0.4) is 0 Å². The van der Waals surface area contributed by atoms with Crippen molar-refractivity contribution < 1.29 is 9.59 Å². The number of nitriles is 1. The molecular weight excluding hydrogens is 378 g/mol. The quantitative estimate of drug-likeness (QED) is 0.470. The van der Waals surface area contributed by atoms with Gasteiger partial charge in [0.25, 0.3) is 5.91 Å². The summed E-state index contributed by atoms with van der Waals surface area (Å²) in [5.74, 6) is -0.661. The third kappa shape index (κ3) is 5.25. The van der Waals surface area contributed by atoms with Crippen LogP contribution in [-0.2, 0) is 16.1 Å². The summed E-state index contributed by atoms with van der Waals surface area (Å²) in [6, 6.07) is 18.8. The lowest BCUT2D eigenvalue weighted by atomic mass is 10.2. The number of carbonyl (C=O) groups is 2. The molecule has 1 aliphatic rings. The average Bonchev–Trinajstić information content (AvgIpc) is 2.76. The monoisotopic (exact) mass is 403 g/mol. The van der Waals surface area contributed by atoms with Crippen LogP contribution in [0.4, 0.5) is 11.4 Å². The lowest BCUT2D eigenvalue weighted by molar-refractivity contribution is -0.128. The number of hydrogen-bond acceptors (Lipinski definition) is 5. The number of benzene rings is 2. The van der Waals surface area contributed by atoms with Crippen LogP contribution in [0.25, 0.3) is 0 Å². The third-order valence-electron chi connectivity index (χ3n) is 5.03. The maximum atomic E-state index is 12.9. The van der Waals surface area contributed by atoms with Gasteiger partial charge in [-0.15, -0.1) is 0 Å². The van der Waals surface area contributed by atoms with Gasteiger partial charge in [0.2, 0.25) is 5.91 Å². The van der Waals surface area contributed by atoms with Crippen LogP contribution in [0.5, 0.6) is 0 Å². The number of rotatable bonds is 5.